The Morgan fingerprint density at radius 3 is 2.14 bits per heavy atom. The lowest BCUT2D eigenvalue weighted by atomic mass is 9.94. The molecule has 3 rings (SSSR count). The van der Waals surface area contributed by atoms with Crippen LogP contribution in [-0.2, 0) is 4.79 Å². The van der Waals surface area contributed by atoms with Crippen LogP contribution in [0.5, 0.6) is 17.2 Å². The van der Waals surface area contributed by atoms with Crippen molar-refractivity contribution < 1.29 is 37.0 Å². The quantitative estimate of drug-likeness (QED) is 0.834. The first kappa shape index (κ1) is 20.5. The molecule has 0 fully saturated rings. The van der Waals surface area contributed by atoms with Gasteiger partial charge in [0.25, 0.3) is 0 Å². The van der Waals surface area contributed by atoms with Gasteiger partial charge >= 0.3 is 12.1 Å². The van der Waals surface area contributed by atoms with Crippen molar-refractivity contribution >= 4 is 11.7 Å². The number of fused-ring (bicyclic) bond motifs is 3. The number of rotatable bonds is 4. The van der Waals surface area contributed by atoms with Crippen LogP contribution in [0, 0.1) is 0 Å². The number of hydrogen-bond donors (Lipinski definition) is 1. The number of nitrogens with one attached hydrogen (secondary N) is 1. The van der Waals surface area contributed by atoms with Gasteiger partial charge < -0.3 is 19.5 Å². The van der Waals surface area contributed by atoms with E-state index < -0.39 is 23.9 Å². The predicted octanol–water partition coefficient (Wildman–Crippen LogP) is 3.69. The zero-order valence-corrected chi connectivity index (χ0v) is 15.8. The summed E-state index contributed by atoms with van der Waals surface area (Å²) >= 11 is 0. The third kappa shape index (κ3) is 3.85. The molecule has 1 aliphatic rings. The Balaban J connectivity index is 2.21. The fourth-order valence-corrected chi connectivity index (χ4v) is 3.31. The van der Waals surface area contributed by atoms with E-state index in [9.17, 15) is 22.8 Å². The minimum Gasteiger partial charge on any atom is -0.497 e. The van der Waals surface area contributed by atoms with Crippen molar-refractivity contribution in [3.63, 3.8) is 0 Å². The summed E-state index contributed by atoms with van der Waals surface area (Å²) in [6.07, 6.45) is -5.43. The van der Waals surface area contributed by atoms with Crippen molar-refractivity contribution in [3.05, 3.63) is 41.5 Å². The van der Waals surface area contributed by atoms with E-state index in [1.54, 1.807) is 18.2 Å². The summed E-state index contributed by atoms with van der Waals surface area (Å²) in [6.45, 7) is 0. The third-order valence-electron chi connectivity index (χ3n) is 4.70. The Morgan fingerprint density at radius 2 is 1.59 bits per heavy atom. The molecule has 29 heavy (non-hydrogen) atoms. The second-order valence-corrected chi connectivity index (χ2v) is 6.36. The summed E-state index contributed by atoms with van der Waals surface area (Å²) in [5.41, 5.74) is 1.55. The average Bonchev–Trinajstić information content (AvgIpc) is 2.80. The zero-order chi connectivity index (χ0) is 21.3. The van der Waals surface area contributed by atoms with Crippen molar-refractivity contribution in [2.45, 2.75) is 18.6 Å². The lowest BCUT2D eigenvalue weighted by Crippen LogP contribution is -2.39. The largest absolute Gasteiger partial charge is 0.497 e. The van der Waals surface area contributed by atoms with Crippen molar-refractivity contribution in [3.8, 4) is 28.4 Å². The maximum absolute atomic E-state index is 12.9. The van der Waals surface area contributed by atoms with Crippen LogP contribution in [0.25, 0.3) is 11.1 Å². The van der Waals surface area contributed by atoms with Gasteiger partial charge in [-0.25, -0.2) is 0 Å². The van der Waals surface area contributed by atoms with Gasteiger partial charge in [-0.15, -0.1) is 0 Å². The highest BCUT2D eigenvalue weighted by atomic mass is 19.4. The van der Waals surface area contributed by atoms with Gasteiger partial charge in [0.1, 0.15) is 5.75 Å². The van der Waals surface area contributed by atoms with Crippen LogP contribution < -0.4 is 19.5 Å². The third-order valence-corrected chi connectivity index (χ3v) is 4.70. The molecule has 0 aliphatic heterocycles. The van der Waals surface area contributed by atoms with Crippen LogP contribution in [-0.4, -0.2) is 39.2 Å². The monoisotopic (exact) mass is 409 g/mol. The number of amides is 1. The van der Waals surface area contributed by atoms with E-state index in [4.69, 9.17) is 14.2 Å². The molecule has 2 aromatic rings. The molecule has 0 heterocycles. The van der Waals surface area contributed by atoms with E-state index in [-0.39, 0.29) is 12.0 Å². The Bertz CT molecular complexity index is 971. The van der Waals surface area contributed by atoms with E-state index in [0.717, 1.165) is 0 Å². The van der Waals surface area contributed by atoms with Gasteiger partial charge in [0.2, 0.25) is 0 Å². The fourth-order valence-electron chi connectivity index (χ4n) is 3.31. The molecular weight excluding hydrogens is 391 g/mol. The Labute approximate surface area is 164 Å². The highest BCUT2D eigenvalue weighted by molar-refractivity contribution is 6.05. The first-order valence-electron chi connectivity index (χ1n) is 8.54. The van der Waals surface area contributed by atoms with Gasteiger partial charge in [0.05, 0.1) is 27.4 Å². The molecule has 0 aromatic heterocycles. The van der Waals surface area contributed by atoms with Gasteiger partial charge in [-0.1, -0.05) is 6.07 Å². The number of halogens is 3. The SMILES string of the molecule is COc1ccc2c(c1)C(NC(=O)C(F)(F)F)CC(=O)c1cc(OC)c(OC)cc1-2. The molecule has 2 aromatic carbocycles. The molecule has 1 amide bonds. The van der Waals surface area contributed by atoms with Crippen LogP contribution in [0.15, 0.2) is 30.3 Å². The Kier molecular flexibility index (Phi) is 5.41. The second-order valence-electron chi connectivity index (χ2n) is 6.36. The summed E-state index contributed by atoms with van der Waals surface area (Å²) in [4.78, 5) is 24.4. The summed E-state index contributed by atoms with van der Waals surface area (Å²) in [6, 6.07) is 6.65. The number of hydrogen-bond acceptors (Lipinski definition) is 5. The standard InChI is InChI=1S/C20H18F3NO5/c1-27-10-4-5-11-12-7-17(28-2)18(29-3)8-14(12)16(25)9-15(13(11)6-10)24-19(26)20(21,22)23/h4-8,15H,9H2,1-3H3,(H,24,26). The van der Waals surface area contributed by atoms with Crippen LogP contribution in [0.3, 0.4) is 0 Å². The van der Waals surface area contributed by atoms with Gasteiger partial charge in [0.15, 0.2) is 17.3 Å². The highest BCUT2D eigenvalue weighted by Crippen LogP contribution is 2.43. The number of methoxy groups -OCH3 is 3. The van der Waals surface area contributed by atoms with E-state index in [0.29, 0.717) is 33.9 Å². The minimum atomic E-state index is -5.08. The molecule has 0 radical (unpaired) electrons. The van der Waals surface area contributed by atoms with Crippen LogP contribution >= 0.6 is 0 Å². The van der Waals surface area contributed by atoms with Crippen molar-refractivity contribution in [2.24, 2.45) is 0 Å². The van der Waals surface area contributed by atoms with E-state index in [2.05, 4.69) is 0 Å². The number of Topliss-reactive ketones (excluding diaryl/α,β-unsaturated/α-hetero) is 1. The maximum atomic E-state index is 12.9. The second kappa shape index (κ2) is 7.65. The smallest absolute Gasteiger partial charge is 0.471 e. The number of carbonyl (C=O) groups excluding carboxylic acids is 2. The summed E-state index contributed by atoms with van der Waals surface area (Å²) in [5, 5.41) is 1.93. The van der Waals surface area contributed by atoms with Crippen LogP contribution in [0.2, 0.25) is 0 Å². The van der Waals surface area contributed by atoms with Gasteiger partial charge in [-0.2, -0.15) is 13.2 Å². The van der Waals surface area contributed by atoms with Gasteiger partial charge in [0, 0.05) is 12.0 Å². The Hall–Kier alpha value is -3.23. The number of benzene rings is 2. The highest BCUT2D eigenvalue weighted by Gasteiger charge is 2.41. The van der Waals surface area contributed by atoms with Crippen molar-refractivity contribution in [1.29, 1.82) is 0 Å². The molecule has 9 heteroatoms. The number of carbonyl (C=O) groups is 2. The first-order valence-corrected chi connectivity index (χ1v) is 8.54. The van der Waals surface area contributed by atoms with Crippen LogP contribution in [0.4, 0.5) is 13.2 Å². The molecule has 0 saturated heterocycles. The molecule has 1 unspecified atom stereocenters. The lowest BCUT2D eigenvalue weighted by Gasteiger charge is -2.20. The van der Waals surface area contributed by atoms with Crippen LogP contribution in [0.1, 0.15) is 28.4 Å². The first-order chi connectivity index (χ1) is 13.7. The molecular formula is C20H18F3NO5. The molecule has 1 aliphatic carbocycles. The maximum Gasteiger partial charge on any atom is 0.471 e. The minimum absolute atomic E-state index is 0.262. The van der Waals surface area contributed by atoms with Gasteiger partial charge in [-0.05, 0) is 41.0 Å². The Morgan fingerprint density at radius 1 is 0.966 bits per heavy atom. The van der Waals surface area contributed by atoms with E-state index >= 15 is 0 Å². The van der Waals surface area contributed by atoms with E-state index in [1.807, 2.05) is 5.32 Å². The lowest BCUT2D eigenvalue weighted by molar-refractivity contribution is -0.174. The van der Waals surface area contributed by atoms with Crippen molar-refractivity contribution in [2.75, 3.05) is 21.3 Å². The summed E-state index contributed by atoms with van der Waals surface area (Å²) < 4.78 is 54.2. The van der Waals surface area contributed by atoms with Crippen molar-refractivity contribution in [1.82, 2.24) is 5.32 Å². The number of ketones is 1. The number of ether oxygens (including phenoxy) is 3. The number of alkyl halides is 3. The molecule has 0 bridgehead atoms. The molecule has 154 valence electrons. The average molecular weight is 409 g/mol. The summed E-state index contributed by atoms with van der Waals surface area (Å²) in [5.74, 6) is -1.51. The molecule has 0 spiro atoms. The normalized spacial score (nSPS) is 15.7. The van der Waals surface area contributed by atoms with E-state index in [1.165, 1.54) is 33.5 Å². The molecule has 1 N–H and O–H groups in total. The topological polar surface area (TPSA) is 73.9 Å². The zero-order valence-electron chi connectivity index (χ0n) is 15.8. The summed E-state index contributed by atoms with van der Waals surface area (Å²) in [7, 11) is 4.26. The molecule has 6 nitrogen and oxygen atoms in total. The fraction of sp³-hybridized carbons (Fsp3) is 0.300. The molecule has 0 saturated carbocycles. The predicted molar refractivity (Wildman–Crippen MR) is 97.4 cm³/mol. The molecule has 1 atom stereocenters. The van der Waals surface area contributed by atoms with Gasteiger partial charge in [-0.3, -0.25) is 9.59 Å².